The fourth-order valence-corrected chi connectivity index (χ4v) is 6.04. The number of aliphatic hydroxyl groups is 1. The van der Waals surface area contributed by atoms with Gasteiger partial charge in [0.25, 0.3) is 0 Å². The van der Waals surface area contributed by atoms with Crippen molar-refractivity contribution in [2.24, 2.45) is 0 Å². The van der Waals surface area contributed by atoms with Crippen LogP contribution in [0.2, 0.25) is 5.02 Å². The molecule has 0 amide bonds. The first-order chi connectivity index (χ1) is 16.3. The van der Waals surface area contributed by atoms with E-state index in [2.05, 4.69) is 20.3 Å². The Labute approximate surface area is 205 Å². The number of aliphatic hydroxyl groups excluding tert-OH is 1. The lowest BCUT2D eigenvalue weighted by Gasteiger charge is -2.26. The fraction of sp³-hybridized carbons (Fsp3) is 0.400. The van der Waals surface area contributed by atoms with Gasteiger partial charge in [0, 0.05) is 24.1 Å². The van der Waals surface area contributed by atoms with E-state index in [4.69, 9.17) is 11.6 Å². The molecular formula is C25H29ClN4O3S. The second-order valence-electron chi connectivity index (χ2n) is 8.80. The first-order valence-electron chi connectivity index (χ1n) is 11.5. The van der Waals surface area contributed by atoms with Gasteiger partial charge in [0.2, 0.25) is 5.95 Å². The molecule has 0 radical (unpaired) electrons. The third-order valence-electron chi connectivity index (χ3n) is 6.18. The normalized spacial score (nSPS) is 18.6. The molecule has 0 spiro atoms. The first-order valence-corrected chi connectivity index (χ1v) is 13.5. The van der Waals surface area contributed by atoms with Crippen LogP contribution in [0.4, 0.5) is 5.95 Å². The minimum absolute atomic E-state index is 0.124. The fourth-order valence-electron chi connectivity index (χ4n) is 4.20. The van der Waals surface area contributed by atoms with Gasteiger partial charge in [-0.15, -0.1) is 0 Å². The zero-order valence-electron chi connectivity index (χ0n) is 19.1. The van der Waals surface area contributed by atoms with E-state index in [1.807, 2.05) is 25.4 Å². The van der Waals surface area contributed by atoms with Crippen molar-refractivity contribution in [3.8, 4) is 0 Å². The van der Waals surface area contributed by atoms with Crippen molar-refractivity contribution >= 4 is 27.4 Å². The van der Waals surface area contributed by atoms with E-state index in [1.165, 1.54) is 6.07 Å². The highest BCUT2D eigenvalue weighted by Crippen LogP contribution is 2.24. The molecule has 1 saturated carbocycles. The number of nitrogens with one attached hydrogen (secondary N) is 1. The van der Waals surface area contributed by atoms with Crippen LogP contribution in [0.15, 0.2) is 53.7 Å². The predicted octanol–water partition coefficient (Wildman–Crippen LogP) is 4.31. The largest absolute Gasteiger partial charge is 0.393 e. The van der Waals surface area contributed by atoms with Crippen molar-refractivity contribution in [3.63, 3.8) is 0 Å². The summed E-state index contributed by atoms with van der Waals surface area (Å²) in [5.74, 6) is 0.423. The number of hydrogen-bond acceptors (Lipinski definition) is 7. The van der Waals surface area contributed by atoms with Crippen LogP contribution in [0.1, 0.15) is 48.2 Å². The third-order valence-corrected chi connectivity index (χ3v) is 8.32. The van der Waals surface area contributed by atoms with Crippen LogP contribution in [0.25, 0.3) is 0 Å². The molecule has 0 atom stereocenters. The monoisotopic (exact) mass is 500 g/mol. The standard InChI is InChI=1S/C25H29ClN4O3S/c1-17-19(8-9-21(29-17)16-34(32,33)24-5-3-2-4-23(24)26)7-6-18-14-27-25(28-15-18)30-20-10-12-22(31)13-11-20/h2-5,8-9,14-15,20,22,31H,6-7,10-13,16H2,1H3,(H,27,28,30). The van der Waals surface area contributed by atoms with Gasteiger partial charge in [-0.3, -0.25) is 4.98 Å². The maximum atomic E-state index is 12.7. The molecule has 2 heterocycles. The predicted molar refractivity (Wildman–Crippen MR) is 133 cm³/mol. The summed E-state index contributed by atoms with van der Waals surface area (Å²) in [7, 11) is -3.58. The van der Waals surface area contributed by atoms with E-state index in [-0.39, 0.29) is 21.8 Å². The van der Waals surface area contributed by atoms with E-state index in [1.54, 1.807) is 24.3 Å². The molecule has 9 heteroatoms. The molecule has 7 nitrogen and oxygen atoms in total. The molecule has 1 aliphatic carbocycles. The van der Waals surface area contributed by atoms with Crippen LogP contribution in [-0.2, 0) is 28.4 Å². The highest BCUT2D eigenvalue weighted by molar-refractivity contribution is 7.90. The Kier molecular flexibility index (Phi) is 7.80. The van der Waals surface area contributed by atoms with Gasteiger partial charge in [-0.05, 0) is 74.8 Å². The highest BCUT2D eigenvalue weighted by atomic mass is 35.5. The van der Waals surface area contributed by atoms with Gasteiger partial charge >= 0.3 is 0 Å². The molecular weight excluding hydrogens is 472 g/mol. The lowest BCUT2D eigenvalue weighted by Crippen LogP contribution is -2.28. The van der Waals surface area contributed by atoms with Crippen molar-refractivity contribution in [1.29, 1.82) is 0 Å². The molecule has 1 aliphatic rings. The number of pyridine rings is 1. The number of aromatic nitrogens is 3. The molecule has 0 bridgehead atoms. The Balaban J connectivity index is 1.33. The summed E-state index contributed by atoms with van der Waals surface area (Å²) in [4.78, 5) is 13.5. The summed E-state index contributed by atoms with van der Waals surface area (Å²) in [6.45, 7) is 1.89. The number of benzene rings is 1. The molecule has 0 aliphatic heterocycles. The van der Waals surface area contributed by atoms with Crippen molar-refractivity contribution in [2.75, 3.05) is 5.32 Å². The number of rotatable bonds is 8. The number of hydrogen-bond donors (Lipinski definition) is 2. The quantitative estimate of drug-likeness (QED) is 0.474. The number of nitrogens with zero attached hydrogens (tertiary/aromatic N) is 3. The summed E-state index contributed by atoms with van der Waals surface area (Å²) in [5, 5.41) is 13.2. The Morgan fingerprint density at radius 3 is 2.41 bits per heavy atom. The van der Waals surface area contributed by atoms with E-state index >= 15 is 0 Å². The minimum Gasteiger partial charge on any atom is -0.393 e. The van der Waals surface area contributed by atoms with Crippen LogP contribution in [0, 0.1) is 6.92 Å². The number of aryl methyl sites for hydroxylation is 3. The van der Waals surface area contributed by atoms with Gasteiger partial charge < -0.3 is 10.4 Å². The van der Waals surface area contributed by atoms with Gasteiger partial charge in [-0.1, -0.05) is 29.8 Å². The summed E-state index contributed by atoms with van der Waals surface area (Å²) < 4.78 is 25.5. The maximum absolute atomic E-state index is 12.7. The minimum atomic E-state index is -3.58. The average molecular weight is 501 g/mol. The average Bonchev–Trinajstić information content (AvgIpc) is 2.81. The van der Waals surface area contributed by atoms with E-state index in [0.29, 0.717) is 17.7 Å². The van der Waals surface area contributed by atoms with E-state index in [0.717, 1.165) is 55.3 Å². The molecule has 3 aromatic rings. The van der Waals surface area contributed by atoms with Crippen molar-refractivity contribution < 1.29 is 13.5 Å². The molecule has 2 aromatic heterocycles. The summed E-state index contributed by atoms with van der Waals surface area (Å²) in [6, 6.07) is 10.5. The van der Waals surface area contributed by atoms with Gasteiger partial charge in [0.15, 0.2) is 9.84 Å². The molecule has 0 unspecified atom stereocenters. The first kappa shape index (κ1) is 24.6. The van der Waals surface area contributed by atoms with Gasteiger partial charge in [-0.25, -0.2) is 18.4 Å². The Morgan fingerprint density at radius 1 is 1.03 bits per heavy atom. The molecule has 1 fully saturated rings. The van der Waals surface area contributed by atoms with Crippen molar-refractivity contribution in [2.45, 2.75) is 68.2 Å². The van der Waals surface area contributed by atoms with Gasteiger partial charge in [0.05, 0.1) is 27.5 Å². The van der Waals surface area contributed by atoms with Crippen molar-refractivity contribution in [3.05, 3.63) is 76.3 Å². The molecule has 4 rings (SSSR count). The Bertz CT molecular complexity index is 1230. The van der Waals surface area contributed by atoms with Crippen LogP contribution >= 0.6 is 11.6 Å². The molecule has 0 saturated heterocycles. The number of sulfone groups is 1. The van der Waals surface area contributed by atoms with Crippen LogP contribution in [0.5, 0.6) is 0 Å². The number of anilines is 1. The highest BCUT2D eigenvalue weighted by Gasteiger charge is 2.20. The third kappa shape index (κ3) is 6.31. The molecule has 180 valence electrons. The Hall–Kier alpha value is -2.55. The summed E-state index contributed by atoms with van der Waals surface area (Å²) >= 11 is 6.07. The zero-order valence-corrected chi connectivity index (χ0v) is 20.7. The molecule has 2 N–H and O–H groups in total. The van der Waals surface area contributed by atoms with E-state index < -0.39 is 9.84 Å². The topological polar surface area (TPSA) is 105 Å². The smallest absolute Gasteiger partial charge is 0.222 e. The number of halogens is 1. The second-order valence-corrected chi connectivity index (χ2v) is 11.2. The maximum Gasteiger partial charge on any atom is 0.222 e. The van der Waals surface area contributed by atoms with Gasteiger partial charge in [-0.2, -0.15) is 0 Å². The van der Waals surface area contributed by atoms with E-state index in [9.17, 15) is 13.5 Å². The molecule has 34 heavy (non-hydrogen) atoms. The lowest BCUT2D eigenvalue weighted by atomic mass is 9.93. The van der Waals surface area contributed by atoms with Gasteiger partial charge in [0.1, 0.15) is 0 Å². The SMILES string of the molecule is Cc1nc(CS(=O)(=O)c2ccccc2Cl)ccc1CCc1cnc(NC2CCC(O)CC2)nc1. The van der Waals surface area contributed by atoms with Crippen LogP contribution in [-0.4, -0.2) is 40.6 Å². The molecule has 1 aromatic carbocycles. The van der Waals surface area contributed by atoms with Crippen LogP contribution in [0.3, 0.4) is 0 Å². The zero-order chi connectivity index (χ0) is 24.1. The van der Waals surface area contributed by atoms with Crippen molar-refractivity contribution in [1.82, 2.24) is 15.0 Å². The lowest BCUT2D eigenvalue weighted by molar-refractivity contribution is 0.126. The summed E-state index contributed by atoms with van der Waals surface area (Å²) in [5.41, 5.74) is 3.39. The van der Waals surface area contributed by atoms with Crippen LogP contribution < -0.4 is 5.32 Å². The second kappa shape index (κ2) is 10.8. The Morgan fingerprint density at radius 2 is 1.74 bits per heavy atom. The summed E-state index contributed by atoms with van der Waals surface area (Å²) in [6.07, 6.45) is 8.48.